The minimum absolute atomic E-state index is 0.177. The summed E-state index contributed by atoms with van der Waals surface area (Å²) in [6.07, 6.45) is 4.16. The zero-order chi connectivity index (χ0) is 15.2. The standard InChI is InChI=1S/C19H26N2/c1-5-11-20-19(17-9-7-16(6-2)8-10-17)18-15(4)12-14(3)13-21-18/h7-10,12-13,19-20H,5-6,11H2,1-4H3. The lowest BCUT2D eigenvalue weighted by molar-refractivity contribution is 0.583. The molecule has 1 heterocycles. The van der Waals surface area contributed by atoms with E-state index >= 15 is 0 Å². The first-order valence-corrected chi connectivity index (χ1v) is 7.91. The Kier molecular flexibility index (Phi) is 5.51. The highest BCUT2D eigenvalue weighted by molar-refractivity contribution is 5.35. The van der Waals surface area contributed by atoms with E-state index in [1.807, 2.05) is 6.20 Å². The normalized spacial score (nSPS) is 12.4. The number of nitrogens with one attached hydrogen (secondary N) is 1. The highest BCUT2D eigenvalue weighted by atomic mass is 14.9. The molecule has 0 saturated carbocycles. The van der Waals surface area contributed by atoms with Crippen molar-refractivity contribution >= 4 is 0 Å². The summed E-state index contributed by atoms with van der Waals surface area (Å²) in [4.78, 5) is 4.69. The third-order valence-electron chi connectivity index (χ3n) is 3.85. The third kappa shape index (κ3) is 3.92. The van der Waals surface area contributed by atoms with Crippen molar-refractivity contribution in [3.05, 3.63) is 64.5 Å². The van der Waals surface area contributed by atoms with Gasteiger partial charge in [0.25, 0.3) is 0 Å². The molecule has 0 aliphatic rings. The molecule has 0 aliphatic carbocycles. The van der Waals surface area contributed by atoms with E-state index in [1.54, 1.807) is 0 Å². The van der Waals surface area contributed by atoms with Gasteiger partial charge in [-0.3, -0.25) is 4.98 Å². The molecule has 2 rings (SSSR count). The molecular formula is C19H26N2. The summed E-state index contributed by atoms with van der Waals surface area (Å²) in [6.45, 7) is 9.62. The molecule has 0 bridgehead atoms. The Balaban J connectivity index is 2.36. The zero-order valence-corrected chi connectivity index (χ0v) is 13.6. The van der Waals surface area contributed by atoms with Crippen LogP contribution in [0.15, 0.2) is 36.5 Å². The van der Waals surface area contributed by atoms with Gasteiger partial charge >= 0.3 is 0 Å². The molecule has 112 valence electrons. The second kappa shape index (κ2) is 7.37. The minimum atomic E-state index is 0.177. The maximum Gasteiger partial charge on any atom is 0.0754 e. The van der Waals surface area contributed by atoms with E-state index in [1.165, 1.54) is 22.3 Å². The van der Waals surface area contributed by atoms with Gasteiger partial charge in [-0.2, -0.15) is 0 Å². The van der Waals surface area contributed by atoms with Crippen LogP contribution in [-0.4, -0.2) is 11.5 Å². The van der Waals surface area contributed by atoms with E-state index in [2.05, 4.69) is 68.3 Å². The van der Waals surface area contributed by atoms with Gasteiger partial charge in [0, 0.05) is 6.20 Å². The van der Waals surface area contributed by atoms with Gasteiger partial charge in [-0.25, -0.2) is 0 Å². The molecule has 0 amide bonds. The van der Waals surface area contributed by atoms with Gasteiger partial charge in [-0.05, 0) is 55.5 Å². The van der Waals surface area contributed by atoms with Gasteiger partial charge in [0.15, 0.2) is 0 Å². The van der Waals surface area contributed by atoms with Crippen molar-refractivity contribution in [3.63, 3.8) is 0 Å². The van der Waals surface area contributed by atoms with Crippen LogP contribution in [-0.2, 0) is 6.42 Å². The Morgan fingerprint density at radius 2 is 1.81 bits per heavy atom. The molecule has 1 aromatic heterocycles. The fraction of sp³-hybridized carbons (Fsp3) is 0.421. The quantitative estimate of drug-likeness (QED) is 0.852. The maximum absolute atomic E-state index is 4.69. The molecular weight excluding hydrogens is 256 g/mol. The number of aryl methyl sites for hydroxylation is 3. The summed E-state index contributed by atoms with van der Waals surface area (Å²) in [7, 11) is 0. The van der Waals surface area contributed by atoms with Crippen LogP contribution in [0.5, 0.6) is 0 Å². The van der Waals surface area contributed by atoms with Crippen LogP contribution in [0.1, 0.15) is 54.3 Å². The van der Waals surface area contributed by atoms with Crippen LogP contribution in [0, 0.1) is 13.8 Å². The summed E-state index contributed by atoms with van der Waals surface area (Å²) >= 11 is 0. The molecule has 21 heavy (non-hydrogen) atoms. The Hall–Kier alpha value is -1.67. The molecule has 2 aromatic rings. The van der Waals surface area contributed by atoms with Gasteiger partial charge in [-0.15, -0.1) is 0 Å². The molecule has 0 radical (unpaired) electrons. The Morgan fingerprint density at radius 1 is 1.10 bits per heavy atom. The lowest BCUT2D eigenvalue weighted by Crippen LogP contribution is -2.25. The van der Waals surface area contributed by atoms with Gasteiger partial charge in [0.05, 0.1) is 11.7 Å². The number of hydrogen-bond acceptors (Lipinski definition) is 2. The van der Waals surface area contributed by atoms with Gasteiger partial charge in [0.2, 0.25) is 0 Å². The topological polar surface area (TPSA) is 24.9 Å². The fourth-order valence-electron chi connectivity index (χ4n) is 2.63. The van der Waals surface area contributed by atoms with Crippen molar-refractivity contribution in [2.24, 2.45) is 0 Å². The first-order valence-electron chi connectivity index (χ1n) is 7.91. The van der Waals surface area contributed by atoms with E-state index in [-0.39, 0.29) is 6.04 Å². The molecule has 2 nitrogen and oxygen atoms in total. The van der Waals surface area contributed by atoms with Crippen molar-refractivity contribution in [2.45, 2.75) is 46.6 Å². The van der Waals surface area contributed by atoms with E-state index < -0.39 is 0 Å². The summed E-state index contributed by atoms with van der Waals surface area (Å²) in [5, 5.41) is 3.64. The van der Waals surface area contributed by atoms with Crippen LogP contribution < -0.4 is 5.32 Å². The van der Waals surface area contributed by atoms with Crippen LogP contribution >= 0.6 is 0 Å². The SMILES string of the molecule is CCCNC(c1ccc(CC)cc1)c1ncc(C)cc1C. The summed E-state index contributed by atoms with van der Waals surface area (Å²) in [5.74, 6) is 0. The van der Waals surface area contributed by atoms with Gasteiger partial charge < -0.3 is 5.32 Å². The average Bonchev–Trinajstić information content (AvgIpc) is 2.50. The average molecular weight is 282 g/mol. The van der Waals surface area contributed by atoms with E-state index in [0.29, 0.717) is 0 Å². The van der Waals surface area contributed by atoms with Crippen LogP contribution in [0.3, 0.4) is 0 Å². The number of hydrogen-bond donors (Lipinski definition) is 1. The van der Waals surface area contributed by atoms with Gasteiger partial charge in [-0.1, -0.05) is 44.2 Å². The van der Waals surface area contributed by atoms with Crippen molar-refractivity contribution in [1.82, 2.24) is 10.3 Å². The first-order chi connectivity index (χ1) is 10.2. The molecule has 0 saturated heterocycles. The number of aromatic nitrogens is 1. The highest BCUT2D eigenvalue weighted by Gasteiger charge is 2.16. The summed E-state index contributed by atoms with van der Waals surface area (Å²) in [5.41, 5.74) is 6.27. The number of pyridine rings is 1. The fourth-order valence-corrected chi connectivity index (χ4v) is 2.63. The molecule has 2 heteroatoms. The third-order valence-corrected chi connectivity index (χ3v) is 3.85. The molecule has 1 unspecified atom stereocenters. The van der Waals surface area contributed by atoms with Crippen molar-refractivity contribution in [2.75, 3.05) is 6.54 Å². The predicted molar refractivity (Wildman–Crippen MR) is 89.7 cm³/mol. The molecule has 1 atom stereocenters. The largest absolute Gasteiger partial charge is 0.305 e. The van der Waals surface area contributed by atoms with Crippen molar-refractivity contribution < 1.29 is 0 Å². The summed E-state index contributed by atoms with van der Waals surface area (Å²) < 4.78 is 0. The Morgan fingerprint density at radius 3 is 2.38 bits per heavy atom. The van der Waals surface area contributed by atoms with Crippen molar-refractivity contribution in [3.8, 4) is 0 Å². The Labute approximate surface area is 128 Å². The minimum Gasteiger partial charge on any atom is -0.305 e. The molecule has 0 spiro atoms. The van der Waals surface area contributed by atoms with Crippen LogP contribution in [0.2, 0.25) is 0 Å². The smallest absolute Gasteiger partial charge is 0.0754 e. The number of nitrogens with zero attached hydrogens (tertiary/aromatic N) is 1. The first kappa shape index (κ1) is 15.7. The highest BCUT2D eigenvalue weighted by Crippen LogP contribution is 2.24. The monoisotopic (exact) mass is 282 g/mol. The molecule has 0 fully saturated rings. The van der Waals surface area contributed by atoms with E-state index in [4.69, 9.17) is 0 Å². The second-order valence-corrected chi connectivity index (χ2v) is 5.70. The Bertz CT molecular complexity index is 573. The predicted octanol–water partition coefficient (Wildman–Crippen LogP) is 4.35. The van der Waals surface area contributed by atoms with E-state index in [9.17, 15) is 0 Å². The van der Waals surface area contributed by atoms with Crippen molar-refractivity contribution in [1.29, 1.82) is 0 Å². The number of rotatable bonds is 6. The maximum atomic E-state index is 4.69. The molecule has 1 aromatic carbocycles. The van der Waals surface area contributed by atoms with E-state index in [0.717, 1.165) is 25.1 Å². The lowest BCUT2D eigenvalue weighted by Gasteiger charge is -2.21. The molecule has 1 N–H and O–H groups in total. The number of benzene rings is 1. The second-order valence-electron chi connectivity index (χ2n) is 5.70. The van der Waals surface area contributed by atoms with Crippen LogP contribution in [0.25, 0.3) is 0 Å². The van der Waals surface area contributed by atoms with Gasteiger partial charge in [0.1, 0.15) is 0 Å². The molecule has 0 aliphatic heterocycles. The summed E-state index contributed by atoms with van der Waals surface area (Å²) in [6, 6.07) is 11.3. The van der Waals surface area contributed by atoms with Crippen LogP contribution in [0.4, 0.5) is 0 Å². The lowest BCUT2D eigenvalue weighted by atomic mass is 9.97. The zero-order valence-electron chi connectivity index (χ0n) is 13.6.